The lowest BCUT2D eigenvalue weighted by molar-refractivity contribution is -0.137. The highest BCUT2D eigenvalue weighted by atomic mass is 19.4. The number of nitrogens with two attached hydrogens (primary N) is 1. The Morgan fingerprint density at radius 2 is 2.17 bits per heavy atom. The van der Waals surface area contributed by atoms with Crippen LogP contribution in [-0.2, 0) is 6.18 Å². The fourth-order valence-electron chi connectivity index (χ4n) is 0.706. The summed E-state index contributed by atoms with van der Waals surface area (Å²) in [6, 6.07) is 0. The molecular formula is C5H5F3N4. The maximum Gasteiger partial charge on any atom is 0.420 e. The van der Waals surface area contributed by atoms with Gasteiger partial charge in [-0.1, -0.05) is 0 Å². The minimum Gasteiger partial charge on any atom is -0.382 e. The van der Waals surface area contributed by atoms with E-state index in [2.05, 4.69) is 5.10 Å². The summed E-state index contributed by atoms with van der Waals surface area (Å²) >= 11 is 0. The summed E-state index contributed by atoms with van der Waals surface area (Å²) in [5, 5.41) is 11.9. The van der Waals surface area contributed by atoms with Crippen LogP contribution in [0.1, 0.15) is 11.3 Å². The van der Waals surface area contributed by atoms with Gasteiger partial charge in [0, 0.05) is 0 Å². The summed E-state index contributed by atoms with van der Waals surface area (Å²) in [7, 11) is 0. The molecule has 1 heterocycles. The van der Waals surface area contributed by atoms with E-state index in [1.807, 2.05) is 5.10 Å². The summed E-state index contributed by atoms with van der Waals surface area (Å²) in [6.07, 6.45) is -3.93. The van der Waals surface area contributed by atoms with Crippen LogP contribution < -0.4 is 5.73 Å². The van der Waals surface area contributed by atoms with Gasteiger partial charge in [0.2, 0.25) is 0 Å². The maximum absolute atomic E-state index is 12.0. The lowest BCUT2D eigenvalue weighted by Crippen LogP contribution is -2.17. The third kappa shape index (κ3) is 1.39. The third-order valence-corrected chi connectivity index (χ3v) is 1.21. The van der Waals surface area contributed by atoms with E-state index in [-0.39, 0.29) is 0 Å². The van der Waals surface area contributed by atoms with Crippen LogP contribution in [0.2, 0.25) is 0 Å². The van der Waals surface area contributed by atoms with Crippen LogP contribution in [0.3, 0.4) is 0 Å². The summed E-state index contributed by atoms with van der Waals surface area (Å²) in [4.78, 5) is 0. The molecule has 0 saturated heterocycles. The number of alkyl halides is 3. The van der Waals surface area contributed by atoms with Crippen molar-refractivity contribution in [3.05, 3.63) is 17.5 Å². The van der Waals surface area contributed by atoms with Crippen LogP contribution in [0.25, 0.3) is 0 Å². The second-order valence-corrected chi connectivity index (χ2v) is 2.07. The monoisotopic (exact) mass is 178 g/mol. The van der Waals surface area contributed by atoms with Crippen LogP contribution in [0.5, 0.6) is 0 Å². The Kier molecular flexibility index (Phi) is 1.79. The fourth-order valence-corrected chi connectivity index (χ4v) is 0.706. The van der Waals surface area contributed by atoms with Gasteiger partial charge in [-0.15, -0.1) is 0 Å². The molecule has 1 aromatic rings. The fraction of sp³-hybridized carbons (Fsp3) is 0.200. The quantitative estimate of drug-likeness (QED) is 0.437. The van der Waals surface area contributed by atoms with Gasteiger partial charge in [0.05, 0.1) is 6.20 Å². The van der Waals surface area contributed by atoms with Gasteiger partial charge in [-0.2, -0.15) is 18.3 Å². The van der Waals surface area contributed by atoms with Crippen molar-refractivity contribution in [3.8, 4) is 0 Å². The number of nitrogens with zero attached hydrogens (tertiary/aromatic N) is 1. The Bertz CT molecular complexity index is 300. The molecule has 0 amide bonds. The lowest BCUT2D eigenvalue weighted by Gasteiger charge is -2.04. The Hall–Kier alpha value is -1.53. The first-order valence-corrected chi connectivity index (χ1v) is 2.88. The van der Waals surface area contributed by atoms with E-state index in [4.69, 9.17) is 11.1 Å². The molecule has 0 aliphatic heterocycles. The predicted octanol–water partition coefficient (Wildman–Crippen LogP) is 0.713. The molecule has 0 saturated carbocycles. The average molecular weight is 178 g/mol. The van der Waals surface area contributed by atoms with Crippen molar-refractivity contribution in [1.82, 2.24) is 10.2 Å². The number of aromatic amines is 1. The SMILES string of the molecule is N=C(N)c1[nH]ncc1C(F)(F)F. The Labute approximate surface area is 65.1 Å². The smallest absolute Gasteiger partial charge is 0.382 e. The first kappa shape index (κ1) is 8.57. The number of aromatic nitrogens is 2. The zero-order chi connectivity index (χ0) is 9.35. The molecule has 1 aromatic heterocycles. The number of H-pyrrole nitrogens is 1. The zero-order valence-corrected chi connectivity index (χ0v) is 5.74. The van der Waals surface area contributed by atoms with E-state index in [1.54, 1.807) is 0 Å². The van der Waals surface area contributed by atoms with Crippen LogP contribution in [-0.4, -0.2) is 16.0 Å². The van der Waals surface area contributed by atoms with Gasteiger partial charge >= 0.3 is 6.18 Å². The van der Waals surface area contributed by atoms with Crippen molar-refractivity contribution < 1.29 is 13.2 Å². The van der Waals surface area contributed by atoms with Crippen molar-refractivity contribution in [2.75, 3.05) is 0 Å². The van der Waals surface area contributed by atoms with E-state index in [0.29, 0.717) is 6.20 Å². The number of hydrogen-bond donors (Lipinski definition) is 3. The molecule has 0 aliphatic rings. The van der Waals surface area contributed by atoms with E-state index < -0.39 is 23.3 Å². The number of rotatable bonds is 1. The molecule has 0 atom stereocenters. The zero-order valence-electron chi connectivity index (χ0n) is 5.74. The van der Waals surface area contributed by atoms with Crippen LogP contribution in [0.4, 0.5) is 13.2 Å². The van der Waals surface area contributed by atoms with Crippen LogP contribution in [0.15, 0.2) is 6.20 Å². The summed E-state index contributed by atoms with van der Waals surface area (Å²) < 4.78 is 36.1. The highest BCUT2D eigenvalue weighted by Crippen LogP contribution is 2.30. The normalized spacial score (nSPS) is 11.6. The molecular weight excluding hydrogens is 173 g/mol. The summed E-state index contributed by atoms with van der Waals surface area (Å²) in [6.45, 7) is 0. The minimum atomic E-state index is -4.52. The number of halogens is 3. The van der Waals surface area contributed by atoms with Crippen molar-refractivity contribution in [2.45, 2.75) is 6.18 Å². The first-order valence-electron chi connectivity index (χ1n) is 2.88. The van der Waals surface area contributed by atoms with E-state index in [0.717, 1.165) is 0 Å². The molecule has 0 bridgehead atoms. The second-order valence-electron chi connectivity index (χ2n) is 2.07. The maximum atomic E-state index is 12.0. The van der Waals surface area contributed by atoms with Gasteiger partial charge in [0.1, 0.15) is 17.1 Å². The molecule has 0 fully saturated rings. The molecule has 0 spiro atoms. The highest BCUT2D eigenvalue weighted by Gasteiger charge is 2.35. The largest absolute Gasteiger partial charge is 0.420 e. The summed E-state index contributed by atoms with van der Waals surface area (Å²) in [5.41, 5.74) is 3.35. The summed E-state index contributed by atoms with van der Waals surface area (Å²) in [5.74, 6) is -0.681. The third-order valence-electron chi connectivity index (χ3n) is 1.21. The molecule has 0 aromatic carbocycles. The number of amidine groups is 1. The van der Waals surface area contributed by atoms with Crippen molar-refractivity contribution in [1.29, 1.82) is 5.41 Å². The van der Waals surface area contributed by atoms with Gasteiger partial charge in [0.25, 0.3) is 0 Å². The van der Waals surface area contributed by atoms with Gasteiger partial charge in [-0.3, -0.25) is 10.5 Å². The Balaban J connectivity index is 3.17. The molecule has 4 N–H and O–H groups in total. The van der Waals surface area contributed by atoms with Crippen LogP contribution >= 0.6 is 0 Å². The van der Waals surface area contributed by atoms with E-state index in [9.17, 15) is 13.2 Å². The molecule has 0 radical (unpaired) electrons. The molecule has 1 rings (SSSR count). The molecule has 66 valence electrons. The molecule has 7 heteroatoms. The number of hydrogen-bond acceptors (Lipinski definition) is 2. The van der Waals surface area contributed by atoms with E-state index in [1.165, 1.54) is 0 Å². The minimum absolute atomic E-state index is 0.498. The molecule has 12 heavy (non-hydrogen) atoms. The van der Waals surface area contributed by atoms with Gasteiger partial charge in [-0.25, -0.2) is 0 Å². The van der Waals surface area contributed by atoms with Gasteiger partial charge in [0.15, 0.2) is 0 Å². The first-order chi connectivity index (χ1) is 5.43. The second kappa shape index (κ2) is 2.50. The van der Waals surface area contributed by atoms with E-state index >= 15 is 0 Å². The molecule has 0 aliphatic carbocycles. The number of nitrogen functional groups attached to an aromatic ring is 1. The topological polar surface area (TPSA) is 78.5 Å². The van der Waals surface area contributed by atoms with Crippen LogP contribution in [0, 0.1) is 5.41 Å². The molecule has 0 unspecified atom stereocenters. The predicted molar refractivity (Wildman–Crippen MR) is 34.6 cm³/mol. The standard InChI is InChI=1S/C5H5F3N4/c6-5(7,8)2-1-11-12-3(2)4(9)10/h1H,(H3,9,10)(H,11,12). The number of nitrogens with one attached hydrogen (secondary N) is 2. The van der Waals surface area contributed by atoms with Gasteiger partial charge < -0.3 is 5.73 Å². The Morgan fingerprint density at radius 3 is 2.50 bits per heavy atom. The van der Waals surface area contributed by atoms with Crippen molar-refractivity contribution in [2.24, 2.45) is 5.73 Å². The average Bonchev–Trinajstić information content (AvgIpc) is 2.30. The van der Waals surface area contributed by atoms with Crippen molar-refractivity contribution in [3.63, 3.8) is 0 Å². The Morgan fingerprint density at radius 1 is 1.58 bits per heavy atom. The van der Waals surface area contributed by atoms with Gasteiger partial charge in [-0.05, 0) is 0 Å². The lowest BCUT2D eigenvalue weighted by atomic mass is 10.2. The highest BCUT2D eigenvalue weighted by molar-refractivity contribution is 5.94. The molecule has 4 nitrogen and oxygen atoms in total. The van der Waals surface area contributed by atoms with Crippen molar-refractivity contribution >= 4 is 5.84 Å².